The molecule has 2 rings (SSSR count). The van der Waals surface area contributed by atoms with Gasteiger partial charge in [-0.25, -0.2) is 0 Å². The lowest BCUT2D eigenvalue weighted by molar-refractivity contribution is 0.0572. The summed E-state index contributed by atoms with van der Waals surface area (Å²) < 4.78 is 0. The molecule has 5 heteroatoms. The molecule has 1 atom stereocenters. The average molecular weight is 268 g/mol. The van der Waals surface area contributed by atoms with E-state index in [0.29, 0.717) is 22.3 Å². The number of rotatable bonds is 1. The van der Waals surface area contributed by atoms with Crippen LogP contribution in [0.2, 0.25) is 5.02 Å². The van der Waals surface area contributed by atoms with Gasteiger partial charge in [0.2, 0.25) is 0 Å². The highest BCUT2D eigenvalue weighted by atomic mass is 35.5. The molecule has 1 amide bonds. The van der Waals surface area contributed by atoms with E-state index in [0.717, 1.165) is 19.6 Å². The molecule has 0 spiro atoms. The molecule has 4 nitrogen and oxygen atoms in total. The van der Waals surface area contributed by atoms with Gasteiger partial charge < -0.3 is 15.5 Å². The topological polar surface area (TPSA) is 49.6 Å². The number of amides is 1. The van der Waals surface area contributed by atoms with Gasteiger partial charge in [-0.05, 0) is 32.2 Å². The van der Waals surface area contributed by atoms with Crippen molar-refractivity contribution in [1.82, 2.24) is 9.80 Å². The molecule has 1 heterocycles. The number of nitrogens with two attached hydrogens (primary N) is 1. The molecule has 1 fully saturated rings. The number of anilines is 1. The van der Waals surface area contributed by atoms with Gasteiger partial charge in [-0.2, -0.15) is 0 Å². The highest BCUT2D eigenvalue weighted by Crippen LogP contribution is 2.21. The zero-order chi connectivity index (χ0) is 13.3. The van der Waals surface area contributed by atoms with Crippen LogP contribution in [0, 0.1) is 0 Å². The minimum Gasteiger partial charge on any atom is -0.399 e. The number of piperazine rings is 1. The lowest BCUT2D eigenvalue weighted by atomic mass is 10.1. The van der Waals surface area contributed by atoms with E-state index in [9.17, 15) is 4.79 Å². The standard InChI is InChI=1S/C13H18ClN3O/c1-9-8-17(6-5-16(9)2)13(18)11-7-10(15)3-4-12(11)14/h3-4,7,9H,5-6,8,15H2,1-2H3. The van der Waals surface area contributed by atoms with E-state index >= 15 is 0 Å². The maximum absolute atomic E-state index is 12.4. The van der Waals surface area contributed by atoms with Gasteiger partial charge in [0.05, 0.1) is 10.6 Å². The van der Waals surface area contributed by atoms with Gasteiger partial charge in [0, 0.05) is 31.4 Å². The molecule has 1 aliphatic rings. The van der Waals surface area contributed by atoms with Crippen LogP contribution >= 0.6 is 11.6 Å². The first-order valence-electron chi connectivity index (χ1n) is 6.03. The Morgan fingerprint density at radius 1 is 1.44 bits per heavy atom. The predicted molar refractivity (Wildman–Crippen MR) is 73.9 cm³/mol. The van der Waals surface area contributed by atoms with Crippen molar-refractivity contribution >= 4 is 23.2 Å². The highest BCUT2D eigenvalue weighted by Gasteiger charge is 2.26. The summed E-state index contributed by atoms with van der Waals surface area (Å²) in [6, 6.07) is 5.38. The SMILES string of the molecule is CC1CN(C(=O)c2cc(N)ccc2Cl)CCN1C. The Balaban J connectivity index is 2.19. The molecule has 1 unspecified atom stereocenters. The number of hydrogen-bond donors (Lipinski definition) is 1. The monoisotopic (exact) mass is 267 g/mol. The molecule has 0 aliphatic carbocycles. The fraction of sp³-hybridized carbons (Fsp3) is 0.462. The number of halogens is 1. The Labute approximate surface area is 112 Å². The minimum absolute atomic E-state index is 0.0350. The zero-order valence-corrected chi connectivity index (χ0v) is 11.4. The van der Waals surface area contributed by atoms with Crippen molar-refractivity contribution < 1.29 is 4.79 Å². The lowest BCUT2D eigenvalue weighted by Gasteiger charge is -2.37. The third-order valence-electron chi connectivity index (χ3n) is 3.47. The van der Waals surface area contributed by atoms with Crippen molar-refractivity contribution in [1.29, 1.82) is 0 Å². The summed E-state index contributed by atoms with van der Waals surface area (Å²) >= 11 is 6.06. The van der Waals surface area contributed by atoms with Crippen LogP contribution in [-0.2, 0) is 0 Å². The normalized spacial score (nSPS) is 21.1. The van der Waals surface area contributed by atoms with E-state index in [-0.39, 0.29) is 5.91 Å². The first-order valence-corrected chi connectivity index (χ1v) is 6.41. The third kappa shape index (κ3) is 2.60. The molecule has 0 radical (unpaired) electrons. The zero-order valence-electron chi connectivity index (χ0n) is 10.7. The number of hydrogen-bond acceptors (Lipinski definition) is 3. The van der Waals surface area contributed by atoms with E-state index in [1.165, 1.54) is 0 Å². The fourth-order valence-corrected chi connectivity index (χ4v) is 2.31. The molecule has 2 N–H and O–H groups in total. The van der Waals surface area contributed by atoms with Crippen molar-refractivity contribution in [3.05, 3.63) is 28.8 Å². The summed E-state index contributed by atoms with van der Waals surface area (Å²) in [4.78, 5) is 16.5. The van der Waals surface area contributed by atoms with Gasteiger partial charge in [0.25, 0.3) is 5.91 Å². The number of nitrogen functional groups attached to an aromatic ring is 1. The van der Waals surface area contributed by atoms with Gasteiger partial charge in [0.15, 0.2) is 0 Å². The highest BCUT2D eigenvalue weighted by molar-refractivity contribution is 6.34. The summed E-state index contributed by atoms with van der Waals surface area (Å²) in [5, 5.41) is 0.459. The van der Waals surface area contributed by atoms with Crippen LogP contribution in [0.1, 0.15) is 17.3 Å². The van der Waals surface area contributed by atoms with Gasteiger partial charge in [-0.15, -0.1) is 0 Å². The lowest BCUT2D eigenvalue weighted by Crippen LogP contribution is -2.52. The van der Waals surface area contributed by atoms with E-state index in [2.05, 4.69) is 18.9 Å². The van der Waals surface area contributed by atoms with E-state index in [4.69, 9.17) is 17.3 Å². The van der Waals surface area contributed by atoms with Crippen molar-refractivity contribution in [2.75, 3.05) is 32.4 Å². The van der Waals surface area contributed by atoms with Crippen molar-refractivity contribution in [3.8, 4) is 0 Å². The predicted octanol–water partition coefficient (Wildman–Crippen LogP) is 1.70. The van der Waals surface area contributed by atoms with Gasteiger partial charge >= 0.3 is 0 Å². The molecular formula is C13H18ClN3O. The summed E-state index contributed by atoms with van der Waals surface area (Å²) in [5.74, 6) is -0.0350. The minimum atomic E-state index is -0.0350. The van der Waals surface area contributed by atoms with Crippen molar-refractivity contribution in [2.45, 2.75) is 13.0 Å². The molecule has 1 saturated heterocycles. The average Bonchev–Trinajstić information content (AvgIpc) is 2.35. The van der Waals surface area contributed by atoms with Crippen LogP contribution in [0.3, 0.4) is 0 Å². The Bertz CT molecular complexity index is 464. The quantitative estimate of drug-likeness (QED) is 0.788. The van der Waals surface area contributed by atoms with Crippen LogP contribution < -0.4 is 5.73 Å². The van der Waals surface area contributed by atoms with Crippen LogP contribution in [0.25, 0.3) is 0 Å². The number of likely N-dealkylation sites (N-methyl/N-ethyl adjacent to an activating group) is 1. The molecule has 1 aliphatic heterocycles. The first kappa shape index (κ1) is 13.2. The summed E-state index contributed by atoms with van der Waals surface area (Å²) in [6.07, 6.45) is 0. The second kappa shape index (κ2) is 5.16. The van der Waals surface area contributed by atoms with E-state index < -0.39 is 0 Å². The Hall–Kier alpha value is -1.26. The van der Waals surface area contributed by atoms with E-state index in [1.54, 1.807) is 18.2 Å². The summed E-state index contributed by atoms with van der Waals surface area (Å²) in [5.41, 5.74) is 6.76. The summed E-state index contributed by atoms with van der Waals surface area (Å²) in [7, 11) is 2.07. The van der Waals surface area contributed by atoms with Gasteiger partial charge in [-0.3, -0.25) is 4.79 Å². The van der Waals surface area contributed by atoms with E-state index in [1.807, 2.05) is 4.90 Å². The van der Waals surface area contributed by atoms with Crippen LogP contribution in [0.15, 0.2) is 18.2 Å². The molecule has 0 saturated carbocycles. The van der Waals surface area contributed by atoms with Crippen molar-refractivity contribution in [3.63, 3.8) is 0 Å². The largest absolute Gasteiger partial charge is 0.399 e. The number of carbonyl (C=O) groups is 1. The number of benzene rings is 1. The molecule has 1 aromatic rings. The third-order valence-corrected chi connectivity index (χ3v) is 3.80. The van der Waals surface area contributed by atoms with Gasteiger partial charge in [0.1, 0.15) is 0 Å². The molecule has 18 heavy (non-hydrogen) atoms. The smallest absolute Gasteiger partial charge is 0.255 e. The summed E-state index contributed by atoms with van der Waals surface area (Å²) in [6.45, 7) is 4.44. The number of carbonyl (C=O) groups excluding carboxylic acids is 1. The first-order chi connectivity index (χ1) is 8.49. The Morgan fingerprint density at radius 2 is 2.17 bits per heavy atom. The fourth-order valence-electron chi connectivity index (χ4n) is 2.11. The van der Waals surface area contributed by atoms with Crippen LogP contribution in [0.4, 0.5) is 5.69 Å². The van der Waals surface area contributed by atoms with Gasteiger partial charge in [-0.1, -0.05) is 11.6 Å². The molecule has 98 valence electrons. The number of nitrogens with zero attached hydrogens (tertiary/aromatic N) is 2. The second-order valence-electron chi connectivity index (χ2n) is 4.82. The maximum Gasteiger partial charge on any atom is 0.255 e. The maximum atomic E-state index is 12.4. The second-order valence-corrected chi connectivity index (χ2v) is 5.23. The Kier molecular flexibility index (Phi) is 3.78. The molecule has 1 aromatic carbocycles. The molecule has 0 bridgehead atoms. The van der Waals surface area contributed by atoms with Crippen LogP contribution in [0.5, 0.6) is 0 Å². The Morgan fingerprint density at radius 3 is 2.83 bits per heavy atom. The van der Waals surface area contributed by atoms with Crippen LogP contribution in [-0.4, -0.2) is 48.4 Å². The van der Waals surface area contributed by atoms with Crippen molar-refractivity contribution in [2.24, 2.45) is 0 Å². The molecular weight excluding hydrogens is 250 g/mol. The molecule has 0 aromatic heterocycles.